The van der Waals surface area contributed by atoms with Crippen molar-refractivity contribution in [1.82, 2.24) is 5.32 Å². The number of ether oxygens (including phenoxy) is 3. The lowest BCUT2D eigenvalue weighted by molar-refractivity contribution is -0.164. The summed E-state index contributed by atoms with van der Waals surface area (Å²) in [5.41, 5.74) is -1.73. The van der Waals surface area contributed by atoms with Crippen molar-refractivity contribution in [3.8, 4) is 0 Å². The molecule has 0 aliphatic rings. The molecule has 0 bridgehead atoms. The molecule has 0 amide bonds. The SMILES string of the molecule is CC(C)(C)OC(=O)CCCCCN[C@@H](CC(=O)OC(C)(C)C)C(=O)OC(C)(C)C. The van der Waals surface area contributed by atoms with Crippen LogP contribution in [0.25, 0.3) is 0 Å². The molecule has 0 unspecified atom stereocenters. The Balaban J connectivity index is 4.49. The summed E-state index contributed by atoms with van der Waals surface area (Å²) in [7, 11) is 0. The molecule has 0 heterocycles. The van der Waals surface area contributed by atoms with E-state index in [2.05, 4.69) is 5.32 Å². The van der Waals surface area contributed by atoms with Crippen molar-refractivity contribution in [3.63, 3.8) is 0 Å². The van der Waals surface area contributed by atoms with E-state index in [-0.39, 0.29) is 12.4 Å². The van der Waals surface area contributed by atoms with Gasteiger partial charge in [-0.05, 0) is 81.7 Å². The lowest BCUT2D eigenvalue weighted by atomic mass is 10.1. The first-order chi connectivity index (χ1) is 13.0. The van der Waals surface area contributed by atoms with Gasteiger partial charge in [-0.2, -0.15) is 0 Å². The van der Waals surface area contributed by atoms with Gasteiger partial charge in [0.1, 0.15) is 22.8 Å². The van der Waals surface area contributed by atoms with E-state index in [1.54, 1.807) is 41.5 Å². The Labute approximate surface area is 176 Å². The monoisotopic (exact) mass is 415 g/mol. The summed E-state index contributed by atoms with van der Waals surface area (Å²) in [5, 5.41) is 3.09. The lowest BCUT2D eigenvalue weighted by Gasteiger charge is -2.25. The maximum Gasteiger partial charge on any atom is 0.324 e. The van der Waals surface area contributed by atoms with Crippen molar-refractivity contribution in [3.05, 3.63) is 0 Å². The Morgan fingerprint density at radius 2 is 1.17 bits per heavy atom. The first-order valence-corrected chi connectivity index (χ1v) is 10.4. The quantitative estimate of drug-likeness (QED) is 0.328. The molecule has 0 aromatic heterocycles. The van der Waals surface area contributed by atoms with Crippen molar-refractivity contribution in [2.45, 2.75) is 117 Å². The second-order valence-corrected chi connectivity index (χ2v) is 10.2. The van der Waals surface area contributed by atoms with Crippen LogP contribution in [-0.2, 0) is 28.6 Å². The average Bonchev–Trinajstić information content (AvgIpc) is 2.43. The third-order valence-electron chi connectivity index (χ3n) is 3.35. The minimum atomic E-state index is -0.769. The molecule has 1 atom stereocenters. The fraction of sp³-hybridized carbons (Fsp3) is 0.864. The highest BCUT2D eigenvalue weighted by Gasteiger charge is 2.29. The summed E-state index contributed by atoms with van der Waals surface area (Å²) >= 11 is 0. The van der Waals surface area contributed by atoms with Crippen molar-refractivity contribution in [2.24, 2.45) is 0 Å². The Bertz CT molecular complexity index is 537. The first kappa shape index (κ1) is 27.4. The van der Waals surface area contributed by atoms with Gasteiger partial charge in [-0.1, -0.05) is 6.42 Å². The van der Waals surface area contributed by atoms with E-state index in [1.165, 1.54) is 0 Å². The summed E-state index contributed by atoms with van der Waals surface area (Å²) in [5.74, 6) is -1.13. The number of hydrogen-bond donors (Lipinski definition) is 1. The summed E-state index contributed by atoms with van der Waals surface area (Å²) in [6, 6.07) is -0.769. The standard InChI is InChI=1S/C22H41NO6/c1-20(2,3)27-17(24)13-11-10-12-14-23-16(19(26)29-22(7,8)9)15-18(25)28-21(4,5)6/h16,23H,10-15H2,1-9H3/t16-/m0/s1. The van der Waals surface area contributed by atoms with Gasteiger partial charge in [-0.25, -0.2) is 0 Å². The fourth-order valence-electron chi connectivity index (χ4n) is 2.40. The van der Waals surface area contributed by atoms with E-state index < -0.39 is 34.8 Å². The number of hydrogen-bond acceptors (Lipinski definition) is 7. The van der Waals surface area contributed by atoms with Crippen LogP contribution < -0.4 is 5.32 Å². The van der Waals surface area contributed by atoms with Crippen LogP contribution in [0.4, 0.5) is 0 Å². The van der Waals surface area contributed by atoms with E-state index >= 15 is 0 Å². The zero-order valence-corrected chi connectivity index (χ0v) is 19.8. The van der Waals surface area contributed by atoms with Crippen molar-refractivity contribution in [2.75, 3.05) is 6.54 Å². The molecule has 0 aromatic rings. The van der Waals surface area contributed by atoms with Gasteiger partial charge >= 0.3 is 17.9 Å². The molecular weight excluding hydrogens is 374 g/mol. The van der Waals surface area contributed by atoms with Crippen LogP contribution in [-0.4, -0.2) is 47.3 Å². The minimum absolute atomic E-state index is 0.0932. The predicted octanol–water partition coefficient (Wildman–Crippen LogP) is 3.92. The van der Waals surface area contributed by atoms with Crippen molar-refractivity contribution < 1.29 is 28.6 Å². The minimum Gasteiger partial charge on any atom is -0.460 e. The number of rotatable bonds is 10. The molecule has 0 saturated carbocycles. The van der Waals surface area contributed by atoms with Gasteiger partial charge < -0.3 is 19.5 Å². The molecule has 0 aliphatic carbocycles. The van der Waals surface area contributed by atoms with Crippen molar-refractivity contribution in [1.29, 1.82) is 0 Å². The van der Waals surface area contributed by atoms with Crippen LogP contribution in [0.15, 0.2) is 0 Å². The molecular formula is C22H41NO6. The Morgan fingerprint density at radius 1 is 0.690 bits per heavy atom. The van der Waals surface area contributed by atoms with Crippen LogP contribution in [0.3, 0.4) is 0 Å². The van der Waals surface area contributed by atoms with Gasteiger partial charge in [0.15, 0.2) is 0 Å². The van der Waals surface area contributed by atoms with Gasteiger partial charge in [0.05, 0.1) is 6.42 Å². The van der Waals surface area contributed by atoms with E-state index in [0.717, 1.165) is 12.8 Å². The largest absolute Gasteiger partial charge is 0.460 e. The fourth-order valence-corrected chi connectivity index (χ4v) is 2.40. The van der Waals surface area contributed by atoms with Gasteiger partial charge in [0, 0.05) is 6.42 Å². The van der Waals surface area contributed by atoms with Crippen LogP contribution in [0.1, 0.15) is 94.4 Å². The average molecular weight is 416 g/mol. The molecule has 0 rings (SSSR count). The summed E-state index contributed by atoms with van der Waals surface area (Å²) in [4.78, 5) is 36.3. The molecule has 1 N–H and O–H groups in total. The molecule has 0 spiro atoms. The van der Waals surface area contributed by atoms with E-state index in [9.17, 15) is 14.4 Å². The molecule has 0 fully saturated rings. The number of nitrogens with one attached hydrogen (secondary N) is 1. The van der Waals surface area contributed by atoms with E-state index in [1.807, 2.05) is 20.8 Å². The van der Waals surface area contributed by atoms with E-state index in [4.69, 9.17) is 14.2 Å². The molecule has 0 aromatic carbocycles. The normalized spacial score (nSPS) is 13.6. The molecule has 7 nitrogen and oxygen atoms in total. The van der Waals surface area contributed by atoms with Gasteiger partial charge in [0.25, 0.3) is 0 Å². The van der Waals surface area contributed by atoms with Crippen LogP contribution in [0.5, 0.6) is 0 Å². The van der Waals surface area contributed by atoms with Crippen LogP contribution in [0.2, 0.25) is 0 Å². The highest BCUT2D eigenvalue weighted by Crippen LogP contribution is 2.14. The smallest absolute Gasteiger partial charge is 0.324 e. The zero-order valence-electron chi connectivity index (χ0n) is 19.8. The maximum absolute atomic E-state index is 12.4. The maximum atomic E-state index is 12.4. The van der Waals surface area contributed by atoms with E-state index in [0.29, 0.717) is 19.4 Å². The summed E-state index contributed by atoms with van der Waals surface area (Å²) in [6.07, 6.45) is 2.55. The molecule has 29 heavy (non-hydrogen) atoms. The Morgan fingerprint density at radius 3 is 1.66 bits per heavy atom. The number of carbonyl (C=O) groups is 3. The van der Waals surface area contributed by atoms with Gasteiger partial charge in [-0.3, -0.25) is 14.4 Å². The Kier molecular flexibility index (Phi) is 10.9. The lowest BCUT2D eigenvalue weighted by Crippen LogP contribution is -2.44. The predicted molar refractivity (Wildman–Crippen MR) is 112 cm³/mol. The van der Waals surface area contributed by atoms with Crippen LogP contribution >= 0.6 is 0 Å². The van der Waals surface area contributed by atoms with Crippen molar-refractivity contribution >= 4 is 17.9 Å². The second kappa shape index (κ2) is 11.5. The summed E-state index contributed by atoms with van der Waals surface area (Å²) < 4.78 is 16.0. The van der Waals surface area contributed by atoms with Crippen LogP contribution in [0, 0.1) is 0 Å². The molecule has 170 valence electrons. The number of esters is 3. The number of unbranched alkanes of at least 4 members (excludes halogenated alkanes) is 2. The van der Waals surface area contributed by atoms with Gasteiger partial charge in [-0.15, -0.1) is 0 Å². The molecule has 0 aliphatic heterocycles. The summed E-state index contributed by atoms with van der Waals surface area (Å²) in [6.45, 7) is 16.8. The molecule has 0 radical (unpaired) electrons. The third-order valence-corrected chi connectivity index (χ3v) is 3.35. The zero-order chi connectivity index (χ0) is 22.9. The van der Waals surface area contributed by atoms with Gasteiger partial charge in [0.2, 0.25) is 0 Å². The molecule has 7 heteroatoms. The Hall–Kier alpha value is -1.63. The highest BCUT2D eigenvalue weighted by molar-refractivity contribution is 5.83. The third kappa shape index (κ3) is 17.0. The first-order valence-electron chi connectivity index (χ1n) is 10.4. The topological polar surface area (TPSA) is 90.9 Å². The molecule has 0 saturated heterocycles. The number of carbonyl (C=O) groups excluding carboxylic acids is 3. The highest BCUT2D eigenvalue weighted by atomic mass is 16.6. The second-order valence-electron chi connectivity index (χ2n) is 10.2.